The highest BCUT2D eigenvalue weighted by Crippen LogP contribution is 2.24. The van der Waals surface area contributed by atoms with Crippen molar-refractivity contribution in [2.24, 2.45) is 0 Å². The van der Waals surface area contributed by atoms with Gasteiger partial charge in [-0.05, 0) is 46.7 Å². The van der Waals surface area contributed by atoms with Gasteiger partial charge in [0.05, 0.1) is 0 Å². The largest absolute Gasteiger partial charge is 0.317 e. The summed E-state index contributed by atoms with van der Waals surface area (Å²) in [6.45, 7) is 10.6. The topological polar surface area (TPSA) is 37.8 Å². The van der Waals surface area contributed by atoms with Crippen LogP contribution < -0.4 is 5.32 Å². The molecule has 2 unspecified atom stereocenters. The van der Waals surface area contributed by atoms with Gasteiger partial charge in [0, 0.05) is 22.7 Å². The van der Waals surface area contributed by atoms with Crippen LogP contribution in [0.1, 0.15) is 37.2 Å². The molecule has 1 heterocycles. The van der Waals surface area contributed by atoms with Crippen LogP contribution in [0.25, 0.3) is 0 Å². The predicted molar refractivity (Wildman–Crippen MR) is 74.7 cm³/mol. The van der Waals surface area contributed by atoms with Gasteiger partial charge in [-0.2, -0.15) is 0 Å². The lowest BCUT2D eigenvalue weighted by Crippen LogP contribution is -2.24. The second-order valence-electron chi connectivity index (χ2n) is 4.66. The van der Waals surface area contributed by atoms with Crippen molar-refractivity contribution < 1.29 is 0 Å². The van der Waals surface area contributed by atoms with Crippen molar-refractivity contribution in [2.75, 3.05) is 7.05 Å². The number of aryl methyl sites for hydroxylation is 2. The van der Waals surface area contributed by atoms with Gasteiger partial charge in [-0.3, -0.25) is 0 Å². The third kappa shape index (κ3) is 4.28. The Bertz CT molecular complexity index is 356. The van der Waals surface area contributed by atoms with E-state index in [1.807, 2.05) is 7.05 Å². The molecule has 0 fully saturated rings. The molecule has 0 bridgehead atoms. The van der Waals surface area contributed by atoms with Crippen molar-refractivity contribution in [3.05, 3.63) is 17.0 Å². The third-order valence-corrected chi connectivity index (χ3v) is 4.09. The molecular formula is C13H23N3S. The van der Waals surface area contributed by atoms with E-state index in [9.17, 15) is 0 Å². The highest BCUT2D eigenvalue weighted by molar-refractivity contribution is 7.99. The van der Waals surface area contributed by atoms with Gasteiger partial charge in [-0.25, -0.2) is 9.97 Å². The van der Waals surface area contributed by atoms with E-state index >= 15 is 0 Å². The van der Waals surface area contributed by atoms with Gasteiger partial charge in [-0.15, -0.1) is 0 Å². The molecule has 0 aliphatic heterocycles. The van der Waals surface area contributed by atoms with Gasteiger partial charge in [0.1, 0.15) is 0 Å². The van der Waals surface area contributed by atoms with E-state index in [1.165, 1.54) is 5.56 Å². The summed E-state index contributed by atoms with van der Waals surface area (Å²) in [6.07, 6.45) is 1.12. The molecule has 0 aliphatic rings. The lowest BCUT2D eigenvalue weighted by Gasteiger charge is -2.16. The maximum absolute atomic E-state index is 4.54. The monoisotopic (exact) mass is 253 g/mol. The van der Waals surface area contributed by atoms with Crippen molar-refractivity contribution in [1.82, 2.24) is 15.3 Å². The molecular weight excluding hydrogens is 230 g/mol. The third-order valence-electron chi connectivity index (χ3n) is 3.10. The van der Waals surface area contributed by atoms with Crippen LogP contribution in [0.4, 0.5) is 0 Å². The van der Waals surface area contributed by atoms with Crippen molar-refractivity contribution in [2.45, 2.75) is 57.5 Å². The van der Waals surface area contributed by atoms with Gasteiger partial charge in [0.2, 0.25) is 0 Å². The molecule has 4 heteroatoms. The molecule has 0 aliphatic carbocycles. The first kappa shape index (κ1) is 14.5. The molecule has 2 atom stereocenters. The summed E-state index contributed by atoms with van der Waals surface area (Å²) in [7, 11) is 2.00. The summed E-state index contributed by atoms with van der Waals surface area (Å²) < 4.78 is 0. The molecule has 0 radical (unpaired) electrons. The molecule has 3 nitrogen and oxygen atoms in total. The van der Waals surface area contributed by atoms with Gasteiger partial charge in [-0.1, -0.05) is 18.7 Å². The molecule has 1 aromatic heterocycles. The fourth-order valence-corrected chi connectivity index (χ4v) is 2.76. The summed E-state index contributed by atoms with van der Waals surface area (Å²) in [4.78, 5) is 9.08. The molecule has 0 aromatic carbocycles. The Morgan fingerprint density at radius 3 is 2.12 bits per heavy atom. The van der Waals surface area contributed by atoms with E-state index in [0.29, 0.717) is 11.3 Å². The summed E-state index contributed by atoms with van der Waals surface area (Å²) >= 11 is 1.76. The minimum atomic E-state index is 0.527. The number of rotatable bonds is 5. The molecule has 1 rings (SSSR count). The maximum Gasteiger partial charge on any atom is 0.188 e. The summed E-state index contributed by atoms with van der Waals surface area (Å²) in [5.41, 5.74) is 3.38. The summed E-state index contributed by atoms with van der Waals surface area (Å²) in [5, 5.41) is 4.69. The van der Waals surface area contributed by atoms with Crippen molar-refractivity contribution in [1.29, 1.82) is 0 Å². The Balaban J connectivity index is 2.69. The number of thioether (sulfide) groups is 1. The Morgan fingerprint density at radius 2 is 1.65 bits per heavy atom. The van der Waals surface area contributed by atoms with Crippen LogP contribution in [0.15, 0.2) is 5.16 Å². The Morgan fingerprint density at radius 1 is 1.12 bits per heavy atom. The first-order valence-electron chi connectivity index (χ1n) is 6.09. The SMILES string of the molecule is CNC(C)CC(C)Sc1nc(C)c(C)c(C)n1. The van der Waals surface area contributed by atoms with E-state index in [-0.39, 0.29) is 0 Å². The zero-order valence-electron chi connectivity index (χ0n) is 11.7. The first-order chi connectivity index (χ1) is 7.93. The van der Waals surface area contributed by atoms with Crippen LogP contribution in [-0.4, -0.2) is 28.3 Å². The lowest BCUT2D eigenvalue weighted by atomic mass is 10.2. The summed E-state index contributed by atoms with van der Waals surface area (Å²) in [5.74, 6) is 0. The Kier molecular flexibility index (Phi) is 5.40. The quantitative estimate of drug-likeness (QED) is 0.647. The zero-order chi connectivity index (χ0) is 13.0. The molecule has 0 saturated carbocycles. The predicted octanol–water partition coefficient (Wildman–Crippen LogP) is 2.88. The number of aromatic nitrogens is 2. The minimum Gasteiger partial charge on any atom is -0.317 e. The zero-order valence-corrected chi connectivity index (χ0v) is 12.5. The van der Waals surface area contributed by atoms with Crippen LogP contribution in [0.3, 0.4) is 0 Å². The average Bonchev–Trinajstić information content (AvgIpc) is 2.25. The van der Waals surface area contributed by atoms with Gasteiger partial charge < -0.3 is 5.32 Å². The van der Waals surface area contributed by atoms with Crippen LogP contribution in [-0.2, 0) is 0 Å². The summed E-state index contributed by atoms with van der Waals surface area (Å²) in [6, 6.07) is 0.533. The van der Waals surface area contributed by atoms with E-state index < -0.39 is 0 Å². The molecule has 0 spiro atoms. The highest BCUT2D eigenvalue weighted by Gasteiger charge is 2.12. The Hall–Kier alpha value is -0.610. The van der Waals surface area contributed by atoms with Crippen LogP contribution in [0, 0.1) is 20.8 Å². The normalized spacial score (nSPS) is 14.7. The second-order valence-corrected chi connectivity index (χ2v) is 6.06. The van der Waals surface area contributed by atoms with Crippen LogP contribution >= 0.6 is 11.8 Å². The number of hydrogen-bond donors (Lipinski definition) is 1. The Labute approximate surface area is 109 Å². The van der Waals surface area contributed by atoms with Gasteiger partial charge in [0.25, 0.3) is 0 Å². The number of nitrogens with one attached hydrogen (secondary N) is 1. The van der Waals surface area contributed by atoms with Gasteiger partial charge >= 0.3 is 0 Å². The van der Waals surface area contributed by atoms with Crippen LogP contribution in [0.5, 0.6) is 0 Å². The average molecular weight is 253 g/mol. The van der Waals surface area contributed by atoms with E-state index in [1.54, 1.807) is 11.8 Å². The van der Waals surface area contributed by atoms with E-state index in [2.05, 4.69) is 49.9 Å². The fraction of sp³-hybridized carbons (Fsp3) is 0.692. The minimum absolute atomic E-state index is 0.527. The maximum atomic E-state index is 4.54. The van der Waals surface area contributed by atoms with E-state index in [0.717, 1.165) is 23.0 Å². The van der Waals surface area contributed by atoms with Crippen molar-refractivity contribution in [3.63, 3.8) is 0 Å². The second kappa shape index (κ2) is 6.36. The van der Waals surface area contributed by atoms with Crippen molar-refractivity contribution >= 4 is 11.8 Å². The van der Waals surface area contributed by atoms with E-state index in [4.69, 9.17) is 0 Å². The molecule has 0 saturated heterocycles. The lowest BCUT2D eigenvalue weighted by molar-refractivity contribution is 0.563. The molecule has 96 valence electrons. The molecule has 1 aromatic rings. The first-order valence-corrected chi connectivity index (χ1v) is 6.97. The highest BCUT2D eigenvalue weighted by atomic mass is 32.2. The number of nitrogens with zero attached hydrogens (tertiary/aromatic N) is 2. The van der Waals surface area contributed by atoms with Gasteiger partial charge in [0.15, 0.2) is 5.16 Å². The molecule has 0 amide bonds. The smallest absolute Gasteiger partial charge is 0.188 e. The van der Waals surface area contributed by atoms with Crippen LogP contribution in [0.2, 0.25) is 0 Å². The molecule has 1 N–H and O–H groups in total. The fourth-order valence-electron chi connectivity index (χ4n) is 1.64. The number of hydrogen-bond acceptors (Lipinski definition) is 4. The van der Waals surface area contributed by atoms with Crippen molar-refractivity contribution in [3.8, 4) is 0 Å². The standard InChI is InChI=1S/C13H23N3S/c1-8(14-6)7-9(2)17-13-15-11(4)10(3)12(5)16-13/h8-9,14H,7H2,1-6H3. The molecule has 17 heavy (non-hydrogen) atoms.